The maximum absolute atomic E-state index is 13.1. The molecule has 1 aromatic heterocycles. The van der Waals surface area contributed by atoms with Crippen LogP contribution in [0.3, 0.4) is 0 Å². The van der Waals surface area contributed by atoms with Crippen LogP contribution in [0.2, 0.25) is 0 Å². The van der Waals surface area contributed by atoms with E-state index in [1.165, 1.54) is 5.56 Å². The van der Waals surface area contributed by atoms with Gasteiger partial charge in [0.2, 0.25) is 5.95 Å². The molecule has 2 aromatic carbocycles. The van der Waals surface area contributed by atoms with Crippen LogP contribution >= 0.6 is 0 Å². The highest BCUT2D eigenvalue weighted by Crippen LogP contribution is 2.26. The first-order valence-corrected chi connectivity index (χ1v) is 10.3. The molecule has 1 aliphatic heterocycles. The quantitative estimate of drug-likeness (QED) is 0.655. The number of fused-ring (bicyclic) bond motifs is 1. The summed E-state index contributed by atoms with van der Waals surface area (Å²) in [5, 5.41) is 3.09. The van der Waals surface area contributed by atoms with Gasteiger partial charge in [0.15, 0.2) is 0 Å². The number of imidazole rings is 1. The molecule has 1 unspecified atom stereocenters. The van der Waals surface area contributed by atoms with Gasteiger partial charge < -0.3 is 15.1 Å². The van der Waals surface area contributed by atoms with Crippen molar-refractivity contribution in [3.63, 3.8) is 0 Å². The molecule has 6 heteroatoms. The van der Waals surface area contributed by atoms with Crippen LogP contribution < -0.4 is 10.2 Å². The lowest BCUT2D eigenvalue weighted by Crippen LogP contribution is -2.35. The Labute approximate surface area is 172 Å². The fraction of sp³-hybridized carbons (Fsp3) is 0.391. The lowest BCUT2D eigenvalue weighted by molar-refractivity contribution is 0.243. The van der Waals surface area contributed by atoms with Gasteiger partial charge in [0.05, 0.1) is 11.0 Å². The fourth-order valence-electron chi connectivity index (χ4n) is 3.98. The van der Waals surface area contributed by atoms with Crippen LogP contribution in [0.25, 0.3) is 11.0 Å². The highest BCUT2D eigenvalue weighted by Gasteiger charge is 2.29. The van der Waals surface area contributed by atoms with Crippen LogP contribution in [0, 0.1) is 0 Å². The molecule has 3 aromatic rings. The number of hydrogen-bond donors (Lipinski definition) is 1. The molecule has 1 amide bonds. The fourth-order valence-corrected chi connectivity index (χ4v) is 3.98. The van der Waals surface area contributed by atoms with Crippen LogP contribution in [-0.2, 0) is 6.42 Å². The summed E-state index contributed by atoms with van der Waals surface area (Å²) in [5.41, 5.74) is 3.01. The summed E-state index contributed by atoms with van der Waals surface area (Å²) >= 11 is 0. The van der Waals surface area contributed by atoms with E-state index in [9.17, 15) is 4.79 Å². The molecule has 4 rings (SSSR count). The molecule has 6 nitrogen and oxygen atoms in total. The number of hydrogen-bond acceptors (Lipinski definition) is 4. The summed E-state index contributed by atoms with van der Waals surface area (Å²) in [6, 6.07) is 18.6. The second kappa shape index (κ2) is 8.66. The SMILES string of the molecule is CN(C)C1CCN(c2nc3ccccc3n2C(=O)NCCCc2ccccc2)C1. The Hall–Kier alpha value is -2.86. The standard InChI is InChI=1S/C23H29N5O/c1-26(2)19-14-16-27(17-19)22-25-20-12-6-7-13-21(20)28(22)23(29)24-15-8-11-18-9-4-3-5-10-18/h3-7,9-10,12-13,19H,8,11,14-17H2,1-2H3,(H,24,29). The van der Waals surface area contributed by atoms with Crippen molar-refractivity contribution in [3.05, 3.63) is 60.2 Å². The van der Waals surface area contributed by atoms with Gasteiger partial charge in [-0.3, -0.25) is 0 Å². The first kappa shape index (κ1) is 19.5. The van der Waals surface area contributed by atoms with E-state index in [1.54, 1.807) is 4.57 Å². The first-order chi connectivity index (χ1) is 14.1. The normalized spacial score (nSPS) is 16.7. The number of carbonyl (C=O) groups excluding carboxylic acids is 1. The van der Waals surface area contributed by atoms with Crippen molar-refractivity contribution >= 4 is 23.0 Å². The van der Waals surface area contributed by atoms with Gasteiger partial charge in [0.25, 0.3) is 0 Å². The highest BCUT2D eigenvalue weighted by molar-refractivity contribution is 5.93. The largest absolute Gasteiger partial charge is 0.340 e. The van der Waals surface area contributed by atoms with E-state index < -0.39 is 0 Å². The molecule has 0 bridgehead atoms. The maximum atomic E-state index is 13.1. The minimum atomic E-state index is -0.102. The summed E-state index contributed by atoms with van der Waals surface area (Å²) in [4.78, 5) is 22.4. The highest BCUT2D eigenvalue weighted by atomic mass is 16.2. The lowest BCUT2D eigenvalue weighted by Gasteiger charge is -2.21. The van der Waals surface area contributed by atoms with E-state index in [4.69, 9.17) is 4.98 Å². The average molecular weight is 392 g/mol. The molecule has 152 valence electrons. The molecule has 2 heterocycles. The third-order valence-electron chi connectivity index (χ3n) is 5.68. The van der Waals surface area contributed by atoms with Crippen LogP contribution in [0.15, 0.2) is 54.6 Å². The predicted octanol–water partition coefficient (Wildman–Crippen LogP) is 3.37. The van der Waals surface area contributed by atoms with Crippen molar-refractivity contribution in [1.29, 1.82) is 0 Å². The number of rotatable bonds is 6. The number of nitrogens with zero attached hydrogens (tertiary/aromatic N) is 4. The zero-order valence-electron chi connectivity index (χ0n) is 17.2. The number of carbonyl (C=O) groups is 1. The second-order valence-corrected chi connectivity index (χ2v) is 7.91. The van der Waals surface area contributed by atoms with Gasteiger partial charge in [-0.1, -0.05) is 42.5 Å². The number of para-hydroxylation sites is 2. The molecule has 1 aliphatic rings. The average Bonchev–Trinajstić information content (AvgIpc) is 3.36. The summed E-state index contributed by atoms with van der Waals surface area (Å²) in [6.07, 6.45) is 2.94. The van der Waals surface area contributed by atoms with E-state index in [1.807, 2.05) is 30.3 Å². The number of nitrogens with one attached hydrogen (secondary N) is 1. The molecule has 0 spiro atoms. The number of anilines is 1. The van der Waals surface area contributed by atoms with Crippen molar-refractivity contribution in [1.82, 2.24) is 19.8 Å². The number of amides is 1. The lowest BCUT2D eigenvalue weighted by atomic mass is 10.1. The Morgan fingerprint density at radius 2 is 1.90 bits per heavy atom. The molecule has 0 saturated carbocycles. The molecular weight excluding hydrogens is 362 g/mol. The van der Waals surface area contributed by atoms with Crippen LogP contribution in [0.4, 0.5) is 10.7 Å². The zero-order chi connectivity index (χ0) is 20.2. The molecule has 1 atom stereocenters. The smallest absolute Gasteiger partial charge is 0.328 e. The van der Waals surface area contributed by atoms with E-state index in [2.05, 4.69) is 53.5 Å². The van der Waals surface area contributed by atoms with Crippen LogP contribution in [0.1, 0.15) is 18.4 Å². The number of likely N-dealkylation sites (N-methyl/N-ethyl adjacent to an activating group) is 1. The molecule has 0 aliphatic carbocycles. The van der Waals surface area contributed by atoms with Gasteiger partial charge >= 0.3 is 6.03 Å². The Balaban J connectivity index is 1.48. The van der Waals surface area contributed by atoms with Crippen molar-refractivity contribution in [2.75, 3.05) is 38.6 Å². The Morgan fingerprint density at radius 3 is 2.66 bits per heavy atom. The second-order valence-electron chi connectivity index (χ2n) is 7.91. The van der Waals surface area contributed by atoms with Gasteiger partial charge in [-0.25, -0.2) is 14.3 Å². The number of aromatic nitrogens is 2. The Kier molecular flexibility index (Phi) is 5.81. The third-order valence-corrected chi connectivity index (χ3v) is 5.68. The number of aryl methyl sites for hydroxylation is 1. The van der Waals surface area contributed by atoms with Crippen molar-refractivity contribution < 1.29 is 4.79 Å². The molecule has 1 saturated heterocycles. The van der Waals surface area contributed by atoms with Crippen LogP contribution in [0.5, 0.6) is 0 Å². The van der Waals surface area contributed by atoms with Crippen molar-refractivity contribution in [2.24, 2.45) is 0 Å². The van der Waals surface area contributed by atoms with Crippen LogP contribution in [-0.4, -0.2) is 60.3 Å². The van der Waals surface area contributed by atoms with E-state index in [0.717, 1.165) is 49.3 Å². The Morgan fingerprint density at radius 1 is 1.14 bits per heavy atom. The predicted molar refractivity (Wildman–Crippen MR) is 118 cm³/mol. The monoisotopic (exact) mass is 391 g/mol. The van der Waals surface area contributed by atoms with Crippen molar-refractivity contribution in [3.8, 4) is 0 Å². The number of benzene rings is 2. The Bertz CT molecular complexity index is 966. The topological polar surface area (TPSA) is 53.4 Å². The van der Waals surface area contributed by atoms with Gasteiger partial charge in [0.1, 0.15) is 0 Å². The molecule has 29 heavy (non-hydrogen) atoms. The zero-order valence-corrected chi connectivity index (χ0v) is 17.2. The summed E-state index contributed by atoms with van der Waals surface area (Å²) in [7, 11) is 4.22. The molecular formula is C23H29N5O. The first-order valence-electron chi connectivity index (χ1n) is 10.3. The molecule has 1 N–H and O–H groups in total. The van der Waals surface area contributed by atoms with Gasteiger partial charge in [0, 0.05) is 25.7 Å². The van der Waals surface area contributed by atoms with E-state index in [-0.39, 0.29) is 6.03 Å². The molecule has 0 radical (unpaired) electrons. The maximum Gasteiger partial charge on any atom is 0.328 e. The van der Waals surface area contributed by atoms with E-state index in [0.29, 0.717) is 12.6 Å². The minimum absolute atomic E-state index is 0.102. The minimum Gasteiger partial charge on any atom is -0.340 e. The summed E-state index contributed by atoms with van der Waals surface area (Å²) in [6.45, 7) is 2.44. The third kappa shape index (κ3) is 4.27. The summed E-state index contributed by atoms with van der Waals surface area (Å²) < 4.78 is 1.75. The van der Waals surface area contributed by atoms with Crippen molar-refractivity contribution in [2.45, 2.75) is 25.3 Å². The van der Waals surface area contributed by atoms with Gasteiger partial charge in [-0.2, -0.15) is 0 Å². The summed E-state index contributed by atoms with van der Waals surface area (Å²) in [5.74, 6) is 0.746. The van der Waals surface area contributed by atoms with E-state index >= 15 is 0 Å². The van der Waals surface area contributed by atoms with Gasteiger partial charge in [-0.15, -0.1) is 0 Å². The molecule has 1 fully saturated rings. The van der Waals surface area contributed by atoms with Gasteiger partial charge in [-0.05, 0) is 51.1 Å².